The van der Waals surface area contributed by atoms with Crippen molar-refractivity contribution in [2.75, 3.05) is 17.7 Å². The largest absolute Gasteiger partial charge is 0.495 e. The van der Waals surface area contributed by atoms with E-state index in [0.717, 1.165) is 0 Å². The molecular weight excluding hydrogens is 312 g/mol. The summed E-state index contributed by atoms with van der Waals surface area (Å²) in [5, 5.41) is 5.39. The summed E-state index contributed by atoms with van der Waals surface area (Å²) in [6, 6.07) is 8.30. The van der Waals surface area contributed by atoms with Gasteiger partial charge in [0.2, 0.25) is 5.91 Å². The number of hydrogen-bond acceptors (Lipinski definition) is 4. The Hall–Kier alpha value is -2.05. The predicted molar refractivity (Wildman–Crippen MR) is 84.6 cm³/mol. The van der Waals surface area contributed by atoms with Crippen LogP contribution in [-0.2, 0) is 4.79 Å². The van der Waals surface area contributed by atoms with Gasteiger partial charge in [0.15, 0.2) is 0 Å². The van der Waals surface area contributed by atoms with Crippen molar-refractivity contribution in [3.63, 3.8) is 0 Å². The summed E-state index contributed by atoms with van der Waals surface area (Å²) in [7, 11) is 1.51. The molecule has 0 aliphatic heterocycles. The van der Waals surface area contributed by atoms with Crippen molar-refractivity contribution in [2.45, 2.75) is 6.92 Å². The zero-order valence-electron chi connectivity index (χ0n) is 11.4. The van der Waals surface area contributed by atoms with Gasteiger partial charge in [-0.25, -0.2) is 0 Å². The van der Waals surface area contributed by atoms with Crippen LogP contribution in [0, 0.1) is 0 Å². The summed E-state index contributed by atoms with van der Waals surface area (Å²) in [4.78, 5) is 23.7. The molecule has 5 nitrogen and oxygen atoms in total. The molecule has 0 unspecified atom stereocenters. The van der Waals surface area contributed by atoms with E-state index in [-0.39, 0.29) is 11.8 Å². The molecule has 21 heavy (non-hydrogen) atoms. The molecule has 0 spiro atoms. The van der Waals surface area contributed by atoms with Gasteiger partial charge < -0.3 is 15.4 Å². The minimum absolute atomic E-state index is 0.192. The Morgan fingerprint density at radius 2 is 1.95 bits per heavy atom. The zero-order chi connectivity index (χ0) is 15.4. The number of carbonyl (C=O) groups excluding carboxylic acids is 2. The maximum absolute atomic E-state index is 12.1. The number of benzene rings is 1. The first-order valence-corrected chi connectivity index (χ1v) is 7.21. The van der Waals surface area contributed by atoms with E-state index in [2.05, 4.69) is 10.6 Å². The molecule has 0 saturated heterocycles. The number of rotatable bonds is 4. The third kappa shape index (κ3) is 3.96. The summed E-state index contributed by atoms with van der Waals surface area (Å²) in [5.74, 6) is 0.0211. The molecule has 0 atom stereocenters. The number of nitrogens with one attached hydrogen (secondary N) is 2. The quantitative estimate of drug-likeness (QED) is 0.902. The summed E-state index contributed by atoms with van der Waals surface area (Å²) in [6.45, 7) is 1.41. The van der Waals surface area contributed by atoms with Gasteiger partial charge in [-0.2, -0.15) is 0 Å². The molecule has 0 saturated carbocycles. The van der Waals surface area contributed by atoms with Crippen molar-refractivity contribution in [1.82, 2.24) is 0 Å². The van der Waals surface area contributed by atoms with Crippen LogP contribution in [-0.4, -0.2) is 18.9 Å². The van der Waals surface area contributed by atoms with Gasteiger partial charge in [0.25, 0.3) is 5.91 Å². The van der Waals surface area contributed by atoms with Crippen LogP contribution >= 0.6 is 22.9 Å². The van der Waals surface area contributed by atoms with E-state index in [1.807, 2.05) is 0 Å². The second-order valence-corrected chi connectivity index (χ2v) is 5.87. The fourth-order valence-corrected chi connectivity index (χ4v) is 2.65. The molecule has 1 aromatic heterocycles. The molecule has 2 amide bonds. The molecule has 2 rings (SSSR count). The van der Waals surface area contributed by atoms with E-state index >= 15 is 0 Å². The second kappa shape index (κ2) is 6.60. The van der Waals surface area contributed by atoms with Gasteiger partial charge in [0, 0.05) is 12.6 Å². The van der Waals surface area contributed by atoms with Gasteiger partial charge in [0.1, 0.15) is 5.75 Å². The van der Waals surface area contributed by atoms with Crippen LogP contribution in [0.3, 0.4) is 0 Å². The first-order valence-electron chi connectivity index (χ1n) is 6.02. The third-order valence-electron chi connectivity index (χ3n) is 2.57. The van der Waals surface area contributed by atoms with E-state index in [4.69, 9.17) is 16.3 Å². The Morgan fingerprint density at radius 3 is 2.52 bits per heavy atom. The van der Waals surface area contributed by atoms with Crippen molar-refractivity contribution < 1.29 is 14.3 Å². The molecule has 0 aliphatic rings. The molecule has 2 aromatic rings. The minimum Gasteiger partial charge on any atom is -0.495 e. The molecule has 0 fully saturated rings. The van der Waals surface area contributed by atoms with Crippen molar-refractivity contribution >= 4 is 46.1 Å². The van der Waals surface area contributed by atoms with Crippen LogP contribution in [0.15, 0.2) is 30.3 Å². The number of anilines is 2. The standard InChI is InChI=1S/C14H13ClN2O3S/c1-8(18)16-9-3-4-11(20-2)10(7-9)17-14(19)12-5-6-13(15)21-12/h3-7H,1-2H3,(H,16,18)(H,17,19). The lowest BCUT2D eigenvalue weighted by atomic mass is 10.2. The van der Waals surface area contributed by atoms with Crippen LogP contribution in [0.5, 0.6) is 5.75 Å². The van der Waals surface area contributed by atoms with Gasteiger partial charge in [-0.3, -0.25) is 9.59 Å². The van der Waals surface area contributed by atoms with Crippen LogP contribution < -0.4 is 15.4 Å². The highest BCUT2D eigenvalue weighted by Crippen LogP contribution is 2.29. The lowest BCUT2D eigenvalue weighted by molar-refractivity contribution is -0.114. The highest BCUT2D eigenvalue weighted by Gasteiger charge is 2.12. The molecule has 7 heteroatoms. The number of methoxy groups -OCH3 is 1. The SMILES string of the molecule is COc1ccc(NC(C)=O)cc1NC(=O)c1ccc(Cl)s1. The fraction of sp³-hybridized carbons (Fsp3) is 0.143. The normalized spacial score (nSPS) is 10.0. The average Bonchev–Trinajstić information content (AvgIpc) is 2.85. The fourth-order valence-electron chi connectivity index (χ4n) is 1.71. The lowest BCUT2D eigenvalue weighted by Crippen LogP contribution is -2.12. The number of thiophene rings is 1. The molecule has 0 bridgehead atoms. The molecule has 2 N–H and O–H groups in total. The Morgan fingerprint density at radius 1 is 1.19 bits per heavy atom. The van der Waals surface area contributed by atoms with Gasteiger partial charge in [0.05, 0.1) is 22.0 Å². The first-order chi connectivity index (χ1) is 9.99. The highest BCUT2D eigenvalue weighted by atomic mass is 35.5. The van der Waals surface area contributed by atoms with Crippen molar-refractivity contribution in [3.05, 3.63) is 39.5 Å². The Kier molecular flexibility index (Phi) is 4.82. The molecule has 1 aromatic carbocycles. The Labute approximate surface area is 130 Å². The predicted octanol–water partition coefficient (Wildman–Crippen LogP) is 3.62. The number of amides is 2. The van der Waals surface area contributed by atoms with E-state index in [9.17, 15) is 9.59 Å². The number of ether oxygens (including phenoxy) is 1. The van der Waals surface area contributed by atoms with Crippen LogP contribution in [0.25, 0.3) is 0 Å². The molecule has 0 radical (unpaired) electrons. The van der Waals surface area contributed by atoms with Gasteiger partial charge in [-0.1, -0.05) is 11.6 Å². The van der Waals surface area contributed by atoms with Crippen molar-refractivity contribution in [3.8, 4) is 5.75 Å². The van der Waals surface area contributed by atoms with E-state index in [1.165, 1.54) is 25.4 Å². The monoisotopic (exact) mass is 324 g/mol. The highest BCUT2D eigenvalue weighted by molar-refractivity contribution is 7.18. The van der Waals surface area contributed by atoms with Crippen molar-refractivity contribution in [1.29, 1.82) is 0 Å². The Bertz CT molecular complexity index is 685. The van der Waals surface area contributed by atoms with Gasteiger partial charge >= 0.3 is 0 Å². The third-order valence-corrected chi connectivity index (χ3v) is 3.79. The number of hydrogen-bond donors (Lipinski definition) is 2. The molecule has 1 heterocycles. The molecule has 0 aliphatic carbocycles. The van der Waals surface area contributed by atoms with Gasteiger partial charge in [-0.05, 0) is 30.3 Å². The number of carbonyl (C=O) groups is 2. The van der Waals surface area contributed by atoms with E-state index in [1.54, 1.807) is 30.3 Å². The minimum atomic E-state index is -0.287. The van der Waals surface area contributed by atoms with Gasteiger partial charge in [-0.15, -0.1) is 11.3 Å². The summed E-state index contributed by atoms with van der Waals surface area (Å²) < 4.78 is 5.74. The average molecular weight is 325 g/mol. The molecular formula is C14H13ClN2O3S. The smallest absolute Gasteiger partial charge is 0.265 e. The maximum Gasteiger partial charge on any atom is 0.265 e. The van der Waals surface area contributed by atoms with Crippen molar-refractivity contribution in [2.24, 2.45) is 0 Å². The second-order valence-electron chi connectivity index (χ2n) is 4.15. The van der Waals surface area contributed by atoms with Crippen LogP contribution in [0.2, 0.25) is 4.34 Å². The zero-order valence-corrected chi connectivity index (χ0v) is 13.0. The van der Waals surface area contributed by atoms with E-state index in [0.29, 0.717) is 26.3 Å². The summed E-state index contributed by atoms with van der Waals surface area (Å²) in [6.07, 6.45) is 0. The summed E-state index contributed by atoms with van der Waals surface area (Å²) >= 11 is 7.00. The summed E-state index contributed by atoms with van der Waals surface area (Å²) in [5.41, 5.74) is 1.04. The lowest BCUT2D eigenvalue weighted by Gasteiger charge is -2.11. The topological polar surface area (TPSA) is 67.4 Å². The van der Waals surface area contributed by atoms with Crippen LogP contribution in [0.4, 0.5) is 11.4 Å². The maximum atomic E-state index is 12.1. The first kappa shape index (κ1) is 15.3. The number of halogens is 1. The molecule has 110 valence electrons. The van der Waals surface area contributed by atoms with Crippen LogP contribution in [0.1, 0.15) is 16.6 Å². The Balaban J connectivity index is 2.24. The van der Waals surface area contributed by atoms with E-state index < -0.39 is 0 Å².